The van der Waals surface area contributed by atoms with Gasteiger partial charge in [-0.2, -0.15) is 0 Å². The van der Waals surface area contributed by atoms with Crippen LogP contribution in [0.15, 0.2) is 72.3 Å². The first kappa shape index (κ1) is 23.4. The van der Waals surface area contributed by atoms with Crippen molar-refractivity contribution >= 4 is 40.4 Å². The van der Waals surface area contributed by atoms with Crippen molar-refractivity contribution in [2.24, 2.45) is 0 Å². The smallest absolute Gasteiger partial charge is 0.300 e. The Morgan fingerprint density at radius 1 is 1.03 bits per heavy atom. The molecule has 0 bridgehead atoms. The summed E-state index contributed by atoms with van der Waals surface area (Å²) in [6.45, 7) is 1.88. The molecule has 6 nitrogen and oxygen atoms in total. The first-order valence-corrected chi connectivity index (χ1v) is 11.1. The zero-order valence-corrected chi connectivity index (χ0v) is 20.1. The number of benzene rings is 3. The van der Waals surface area contributed by atoms with Crippen molar-refractivity contribution in [3.05, 3.63) is 94.0 Å². The molecule has 1 N–H and O–H groups in total. The number of hydrogen-bond acceptors (Lipinski definition) is 5. The number of methoxy groups -OCH3 is 1. The van der Waals surface area contributed by atoms with Crippen molar-refractivity contribution in [1.29, 1.82) is 0 Å². The van der Waals surface area contributed by atoms with Crippen LogP contribution >= 0.6 is 11.6 Å². The number of hydrogen-bond donors (Lipinski definition) is 1. The minimum Gasteiger partial charge on any atom is -0.507 e. The van der Waals surface area contributed by atoms with Crippen molar-refractivity contribution in [2.45, 2.75) is 13.0 Å². The number of aliphatic hydroxyl groups is 1. The number of aliphatic hydroxyl groups excluding tert-OH is 1. The largest absolute Gasteiger partial charge is 0.507 e. The van der Waals surface area contributed by atoms with Gasteiger partial charge in [-0.25, -0.2) is 0 Å². The number of carbonyl (C=O) groups excluding carboxylic acids is 2. The SMILES string of the molecule is COc1cc(/C(O)=C2/C(=O)C(=O)N(c3ccccc3C)C2c2ccc(N(C)C)cc2)ccc1Cl. The van der Waals surface area contributed by atoms with E-state index >= 15 is 0 Å². The molecule has 7 heteroatoms. The van der Waals surface area contributed by atoms with E-state index in [0.29, 0.717) is 27.6 Å². The molecule has 0 aliphatic carbocycles. The van der Waals surface area contributed by atoms with Gasteiger partial charge in [0.15, 0.2) is 0 Å². The molecule has 1 aliphatic rings. The molecule has 34 heavy (non-hydrogen) atoms. The van der Waals surface area contributed by atoms with Crippen LogP contribution in [0.3, 0.4) is 0 Å². The molecule has 3 aromatic carbocycles. The summed E-state index contributed by atoms with van der Waals surface area (Å²) in [4.78, 5) is 30.1. The van der Waals surface area contributed by atoms with Crippen LogP contribution < -0.4 is 14.5 Å². The van der Waals surface area contributed by atoms with E-state index in [1.807, 2.05) is 68.4 Å². The topological polar surface area (TPSA) is 70.1 Å². The maximum atomic E-state index is 13.3. The van der Waals surface area contributed by atoms with Gasteiger partial charge in [-0.05, 0) is 54.4 Å². The van der Waals surface area contributed by atoms with E-state index in [1.54, 1.807) is 24.3 Å². The summed E-state index contributed by atoms with van der Waals surface area (Å²) >= 11 is 6.14. The lowest BCUT2D eigenvalue weighted by molar-refractivity contribution is -0.132. The average molecular weight is 477 g/mol. The monoisotopic (exact) mass is 476 g/mol. The fraction of sp³-hybridized carbons (Fsp3) is 0.185. The molecule has 1 heterocycles. The van der Waals surface area contributed by atoms with Crippen LogP contribution in [0.25, 0.3) is 5.76 Å². The first-order valence-electron chi connectivity index (χ1n) is 10.7. The minimum absolute atomic E-state index is 0.00947. The molecule has 0 aromatic heterocycles. The van der Waals surface area contributed by atoms with Crippen molar-refractivity contribution in [2.75, 3.05) is 31.0 Å². The Hall–Kier alpha value is -3.77. The molecule has 0 spiro atoms. The molecular formula is C27H25ClN2O4. The number of nitrogens with zero attached hydrogens (tertiary/aromatic N) is 2. The fourth-order valence-corrected chi connectivity index (χ4v) is 4.34. The number of aryl methyl sites for hydroxylation is 1. The summed E-state index contributed by atoms with van der Waals surface area (Å²) in [5.74, 6) is -1.38. The molecule has 1 aliphatic heterocycles. The Labute approximate surface area is 203 Å². The lowest BCUT2D eigenvalue weighted by Gasteiger charge is -2.27. The van der Waals surface area contributed by atoms with Gasteiger partial charge in [0.25, 0.3) is 11.7 Å². The number of amides is 1. The predicted octanol–water partition coefficient (Wildman–Crippen LogP) is 5.35. The van der Waals surface area contributed by atoms with Gasteiger partial charge >= 0.3 is 0 Å². The highest BCUT2D eigenvalue weighted by molar-refractivity contribution is 6.51. The van der Waals surface area contributed by atoms with E-state index in [-0.39, 0.29) is 11.3 Å². The van der Waals surface area contributed by atoms with Gasteiger partial charge in [-0.15, -0.1) is 0 Å². The second-order valence-electron chi connectivity index (χ2n) is 8.29. The molecular weight excluding hydrogens is 452 g/mol. The first-order chi connectivity index (χ1) is 16.2. The van der Waals surface area contributed by atoms with Crippen molar-refractivity contribution in [3.8, 4) is 5.75 Å². The molecule has 0 saturated carbocycles. The zero-order chi connectivity index (χ0) is 24.6. The molecule has 1 amide bonds. The lowest BCUT2D eigenvalue weighted by atomic mass is 9.94. The molecule has 3 aromatic rings. The van der Waals surface area contributed by atoms with Crippen molar-refractivity contribution in [1.82, 2.24) is 0 Å². The number of ether oxygens (including phenoxy) is 1. The van der Waals surface area contributed by atoms with Gasteiger partial charge in [0, 0.05) is 31.0 Å². The predicted molar refractivity (Wildman–Crippen MR) is 135 cm³/mol. The molecule has 1 atom stereocenters. The lowest BCUT2D eigenvalue weighted by Crippen LogP contribution is -2.30. The number of ketones is 1. The van der Waals surface area contributed by atoms with Gasteiger partial charge < -0.3 is 14.7 Å². The van der Waals surface area contributed by atoms with E-state index in [2.05, 4.69) is 0 Å². The number of halogens is 1. The van der Waals surface area contributed by atoms with Gasteiger partial charge in [-0.1, -0.05) is 41.9 Å². The average Bonchev–Trinajstić information content (AvgIpc) is 3.09. The number of anilines is 2. The normalized spacial score (nSPS) is 17.2. The van der Waals surface area contributed by atoms with Crippen LogP contribution in [0.2, 0.25) is 5.02 Å². The summed E-state index contributed by atoms with van der Waals surface area (Å²) in [5.41, 5.74) is 3.47. The highest BCUT2D eigenvalue weighted by Gasteiger charge is 2.47. The molecule has 174 valence electrons. The Morgan fingerprint density at radius 2 is 1.71 bits per heavy atom. The highest BCUT2D eigenvalue weighted by atomic mass is 35.5. The Balaban J connectivity index is 1.95. The van der Waals surface area contributed by atoms with E-state index in [0.717, 1.165) is 11.3 Å². The van der Waals surface area contributed by atoms with Gasteiger partial charge in [0.05, 0.1) is 23.7 Å². The number of Topliss-reactive ketones (excluding diaryl/α,β-unsaturated/α-hetero) is 1. The third kappa shape index (κ3) is 4.01. The fourth-order valence-electron chi connectivity index (χ4n) is 4.15. The highest BCUT2D eigenvalue weighted by Crippen LogP contribution is 2.43. The maximum Gasteiger partial charge on any atom is 0.300 e. The van der Waals surface area contributed by atoms with Crippen LogP contribution in [0, 0.1) is 6.92 Å². The van der Waals surface area contributed by atoms with Crippen molar-refractivity contribution < 1.29 is 19.4 Å². The second kappa shape index (κ2) is 9.23. The number of para-hydroxylation sites is 1. The summed E-state index contributed by atoms with van der Waals surface area (Å²) in [5, 5.41) is 11.7. The molecule has 0 radical (unpaired) electrons. The third-order valence-electron chi connectivity index (χ3n) is 5.97. The van der Waals surface area contributed by atoms with Crippen LogP contribution in [0.1, 0.15) is 22.7 Å². The zero-order valence-electron chi connectivity index (χ0n) is 19.4. The Kier molecular flexibility index (Phi) is 6.35. The van der Waals surface area contributed by atoms with E-state index in [9.17, 15) is 14.7 Å². The van der Waals surface area contributed by atoms with Crippen LogP contribution in [-0.4, -0.2) is 38.0 Å². The molecule has 1 fully saturated rings. The van der Waals surface area contributed by atoms with E-state index in [1.165, 1.54) is 12.0 Å². The molecule has 4 rings (SSSR count). The molecule has 1 saturated heterocycles. The van der Waals surface area contributed by atoms with E-state index < -0.39 is 17.7 Å². The number of rotatable bonds is 5. The van der Waals surface area contributed by atoms with Gasteiger partial charge in [0.2, 0.25) is 0 Å². The quantitative estimate of drug-likeness (QED) is 0.305. The Bertz CT molecular complexity index is 1300. The van der Waals surface area contributed by atoms with E-state index in [4.69, 9.17) is 16.3 Å². The van der Waals surface area contributed by atoms with Crippen LogP contribution in [0.4, 0.5) is 11.4 Å². The third-order valence-corrected chi connectivity index (χ3v) is 6.28. The molecule has 1 unspecified atom stereocenters. The summed E-state index contributed by atoms with van der Waals surface area (Å²) < 4.78 is 5.27. The van der Waals surface area contributed by atoms with Gasteiger partial charge in [0.1, 0.15) is 11.5 Å². The summed E-state index contributed by atoms with van der Waals surface area (Å²) in [7, 11) is 5.33. The number of carbonyl (C=O) groups is 2. The van der Waals surface area contributed by atoms with Crippen LogP contribution in [0.5, 0.6) is 5.75 Å². The Morgan fingerprint density at radius 3 is 2.32 bits per heavy atom. The standard InChI is InChI=1S/C27H25ClN2O4/c1-16-7-5-6-8-21(16)30-24(17-9-12-19(13-10-17)29(2)3)23(26(32)27(30)33)25(31)18-11-14-20(28)22(15-18)34-4/h5-15,24,31H,1-4H3/b25-23-. The second-order valence-corrected chi connectivity index (χ2v) is 8.70. The summed E-state index contributed by atoms with van der Waals surface area (Å²) in [6.07, 6.45) is 0. The maximum absolute atomic E-state index is 13.3. The van der Waals surface area contributed by atoms with Gasteiger partial charge in [-0.3, -0.25) is 14.5 Å². The van der Waals surface area contributed by atoms with Crippen molar-refractivity contribution in [3.63, 3.8) is 0 Å². The van der Waals surface area contributed by atoms with Crippen LogP contribution in [-0.2, 0) is 9.59 Å². The minimum atomic E-state index is -0.806. The summed E-state index contributed by atoms with van der Waals surface area (Å²) in [6, 6.07) is 18.8.